The fourth-order valence-electron chi connectivity index (χ4n) is 1.52. The van der Waals surface area contributed by atoms with Gasteiger partial charge in [-0.05, 0) is 24.9 Å². The maximum atomic E-state index is 4.49. The highest BCUT2D eigenvalue weighted by atomic mass is 32.2. The summed E-state index contributed by atoms with van der Waals surface area (Å²) in [5.74, 6) is 3.93. The molecule has 2 N–H and O–H groups in total. The average Bonchev–Trinajstić information content (AvgIpc) is 2.41. The van der Waals surface area contributed by atoms with Gasteiger partial charge in [0.05, 0.1) is 0 Å². The second kappa shape index (κ2) is 9.03. The summed E-state index contributed by atoms with van der Waals surface area (Å²) >= 11 is 1.87. The standard InChI is InChI=1S/C13H24N4S/c1-4-7-14-12-10-13(15-8-6-9-18-3)17-11(5-2)16-12/h10H,4-9H2,1-3H3,(H2,14,15,16,17). The molecule has 0 unspecified atom stereocenters. The molecule has 0 amide bonds. The number of hydrogen-bond acceptors (Lipinski definition) is 5. The van der Waals surface area contributed by atoms with Crippen molar-refractivity contribution in [3.8, 4) is 0 Å². The molecule has 0 spiro atoms. The van der Waals surface area contributed by atoms with Crippen molar-refractivity contribution in [2.24, 2.45) is 0 Å². The van der Waals surface area contributed by atoms with Gasteiger partial charge in [-0.2, -0.15) is 11.8 Å². The monoisotopic (exact) mass is 268 g/mol. The summed E-state index contributed by atoms with van der Waals surface area (Å²) in [5, 5.41) is 6.68. The Morgan fingerprint density at radius 1 is 1.11 bits per heavy atom. The number of aryl methyl sites for hydroxylation is 1. The lowest BCUT2D eigenvalue weighted by Gasteiger charge is -2.10. The fourth-order valence-corrected chi connectivity index (χ4v) is 1.96. The molecule has 0 aromatic carbocycles. The third-order valence-electron chi connectivity index (χ3n) is 2.48. The van der Waals surface area contributed by atoms with E-state index >= 15 is 0 Å². The molecule has 102 valence electrons. The van der Waals surface area contributed by atoms with Gasteiger partial charge in [-0.3, -0.25) is 0 Å². The lowest BCUT2D eigenvalue weighted by molar-refractivity contribution is 0.906. The normalized spacial score (nSPS) is 10.4. The van der Waals surface area contributed by atoms with Gasteiger partial charge in [0.1, 0.15) is 17.5 Å². The highest BCUT2D eigenvalue weighted by molar-refractivity contribution is 7.98. The Morgan fingerprint density at radius 2 is 1.78 bits per heavy atom. The summed E-state index contributed by atoms with van der Waals surface area (Å²) < 4.78 is 0. The van der Waals surface area contributed by atoms with E-state index < -0.39 is 0 Å². The van der Waals surface area contributed by atoms with Crippen LogP contribution in [0.2, 0.25) is 0 Å². The van der Waals surface area contributed by atoms with E-state index in [4.69, 9.17) is 0 Å². The minimum Gasteiger partial charge on any atom is -0.370 e. The molecular weight excluding hydrogens is 244 g/mol. The first kappa shape index (κ1) is 15.1. The molecule has 0 aliphatic rings. The van der Waals surface area contributed by atoms with Crippen LogP contribution in [0.3, 0.4) is 0 Å². The molecule has 1 rings (SSSR count). The molecule has 1 heterocycles. The Kier molecular flexibility index (Phi) is 7.57. The molecule has 0 atom stereocenters. The summed E-state index contributed by atoms with van der Waals surface area (Å²) in [6, 6.07) is 1.99. The Balaban J connectivity index is 2.58. The Morgan fingerprint density at radius 3 is 2.33 bits per heavy atom. The SMILES string of the molecule is CCCNc1cc(NCCCSC)nc(CC)n1. The second-order valence-electron chi connectivity index (χ2n) is 4.11. The third kappa shape index (κ3) is 5.58. The van der Waals surface area contributed by atoms with E-state index in [1.165, 1.54) is 5.75 Å². The van der Waals surface area contributed by atoms with E-state index in [0.29, 0.717) is 0 Å². The van der Waals surface area contributed by atoms with Gasteiger partial charge in [0, 0.05) is 25.6 Å². The van der Waals surface area contributed by atoms with Crippen LogP contribution in [0.4, 0.5) is 11.6 Å². The van der Waals surface area contributed by atoms with Crippen LogP contribution >= 0.6 is 11.8 Å². The largest absolute Gasteiger partial charge is 0.370 e. The number of hydrogen-bond donors (Lipinski definition) is 2. The first-order chi connectivity index (χ1) is 8.80. The fraction of sp³-hybridized carbons (Fsp3) is 0.692. The molecule has 0 saturated heterocycles. The number of nitrogens with one attached hydrogen (secondary N) is 2. The maximum absolute atomic E-state index is 4.49. The van der Waals surface area contributed by atoms with Crippen LogP contribution < -0.4 is 10.6 Å². The van der Waals surface area contributed by atoms with Gasteiger partial charge < -0.3 is 10.6 Å². The van der Waals surface area contributed by atoms with Crippen molar-refractivity contribution in [3.05, 3.63) is 11.9 Å². The lowest BCUT2D eigenvalue weighted by Crippen LogP contribution is -2.09. The van der Waals surface area contributed by atoms with Crippen molar-refractivity contribution in [1.29, 1.82) is 0 Å². The Bertz CT molecular complexity index is 344. The molecule has 0 aliphatic heterocycles. The Labute approximate surface area is 114 Å². The smallest absolute Gasteiger partial charge is 0.132 e. The number of rotatable bonds is 9. The van der Waals surface area contributed by atoms with E-state index in [-0.39, 0.29) is 0 Å². The van der Waals surface area contributed by atoms with E-state index in [0.717, 1.165) is 49.8 Å². The van der Waals surface area contributed by atoms with Gasteiger partial charge in [0.2, 0.25) is 0 Å². The number of nitrogens with zero attached hydrogens (tertiary/aromatic N) is 2. The highest BCUT2D eigenvalue weighted by Gasteiger charge is 2.02. The first-order valence-corrected chi connectivity index (χ1v) is 8.04. The highest BCUT2D eigenvalue weighted by Crippen LogP contribution is 2.12. The van der Waals surface area contributed by atoms with Gasteiger partial charge in [-0.25, -0.2) is 9.97 Å². The minimum atomic E-state index is 0.862. The van der Waals surface area contributed by atoms with Crippen molar-refractivity contribution in [3.63, 3.8) is 0 Å². The van der Waals surface area contributed by atoms with Gasteiger partial charge in [0.25, 0.3) is 0 Å². The van der Waals surface area contributed by atoms with Crippen molar-refractivity contribution in [2.75, 3.05) is 35.7 Å². The van der Waals surface area contributed by atoms with Crippen LogP contribution in [0.1, 0.15) is 32.5 Å². The minimum absolute atomic E-state index is 0.862. The topological polar surface area (TPSA) is 49.8 Å². The van der Waals surface area contributed by atoms with Crippen LogP contribution in [0.15, 0.2) is 6.07 Å². The van der Waals surface area contributed by atoms with Crippen molar-refractivity contribution in [1.82, 2.24) is 9.97 Å². The van der Waals surface area contributed by atoms with E-state index in [9.17, 15) is 0 Å². The predicted molar refractivity (Wildman–Crippen MR) is 81.7 cm³/mol. The summed E-state index contributed by atoms with van der Waals surface area (Å²) in [7, 11) is 0. The molecule has 1 aromatic rings. The summed E-state index contributed by atoms with van der Waals surface area (Å²) in [6.45, 7) is 6.15. The van der Waals surface area contributed by atoms with Crippen LogP contribution in [0, 0.1) is 0 Å². The summed E-state index contributed by atoms with van der Waals surface area (Å²) in [4.78, 5) is 8.96. The van der Waals surface area contributed by atoms with Gasteiger partial charge >= 0.3 is 0 Å². The molecule has 5 heteroatoms. The third-order valence-corrected chi connectivity index (χ3v) is 3.17. The molecule has 0 fully saturated rings. The van der Waals surface area contributed by atoms with Gasteiger partial charge in [-0.15, -0.1) is 0 Å². The summed E-state index contributed by atoms with van der Waals surface area (Å²) in [6.07, 6.45) is 5.25. The average molecular weight is 268 g/mol. The van der Waals surface area contributed by atoms with Crippen LogP contribution in [0.5, 0.6) is 0 Å². The van der Waals surface area contributed by atoms with Gasteiger partial charge in [0.15, 0.2) is 0 Å². The zero-order valence-corrected chi connectivity index (χ0v) is 12.4. The zero-order chi connectivity index (χ0) is 13.2. The molecule has 0 radical (unpaired) electrons. The Hall–Kier alpha value is -0.970. The summed E-state index contributed by atoms with van der Waals surface area (Å²) in [5.41, 5.74) is 0. The number of anilines is 2. The van der Waals surface area contributed by atoms with E-state index in [1.54, 1.807) is 0 Å². The van der Waals surface area contributed by atoms with Gasteiger partial charge in [-0.1, -0.05) is 13.8 Å². The first-order valence-electron chi connectivity index (χ1n) is 6.64. The quantitative estimate of drug-likeness (QED) is 0.674. The van der Waals surface area contributed by atoms with Crippen molar-refractivity contribution in [2.45, 2.75) is 33.1 Å². The zero-order valence-electron chi connectivity index (χ0n) is 11.6. The van der Waals surface area contributed by atoms with Crippen LogP contribution in [-0.2, 0) is 6.42 Å². The molecule has 4 nitrogen and oxygen atoms in total. The van der Waals surface area contributed by atoms with Crippen LogP contribution in [0.25, 0.3) is 0 Å². The second-order valence-corrected chi connectivity index (χ2v) is 5.09. The van der Waals surface area contributed by atoms with Crippen molar-refractivity contribution < 1.29 is 0 Å². The van der Waals surface area contributed by atoms with E-state index in [2.05, 4.69) is 40.7 Å². The molecule has 1 aromatic heterocycles. The molecule has 0 bridgehead atoms. The molecule has 0 saturated carbocycles. The molecule has 18 heavy (non-hydrogen) atoms. The predicted octanol–water partition coefficient (Wildman–Crippen LogP) is 3.03. The maximum Gasteiger partial charge on any atom is 0.132 e. The lowest BCUT2D eigenvalue weighted by atomic mass is 10.4. The van der Waals surface area contributed by atoms with Crippen LogP contribution in [-0.4, -0.2) is 35.1 Å². The van der Waals surface area contributed by atoms with E-state index in [1.807, 2.05) is 17.8 Å². The van der Waals surface area contributed by atoms with Crippen molar-refractivity contribution >= 4 is 23.4 Å². The molecular formula is C13H24N4S. The number of aromatic nitrogens is 2. The number of thioether (sulfide) groups is 1. The molecule has 0 aliphatic carbocycles.